The molecule has 3 rings (SSSR count). The zero-order valence-corrected chi connectivity index (χ0v) is 12.7. The maximum absolute atomic E-state index is 12.1. The van der Waals surface area contributed by atoms with Crippen molar-refractivity contribution in [2.75, 3.05) is 38.1 Å². The minimum atomic E-state index is -0.741. The first-order valence-electron chi connectivity index (χ1n) is 7.59. The lowest BCUT2D eigenvalue weighted by Gasteiger charge is -2.32. The number of carboxylic acid groups (broad SMARTS) is 1. The second-order valence-corrected chi connectivity index (χ2v) is 6.11. The van der Waals surface area contributed by atoms with E-state index in [1.54, 1.807) is 0 Å². The van der Waals surface area contributed by atoms with E-state index in [4.69, 9.17) is 5.11 Å². The van der Waals surface area contributed by atoms with Crippen molar-refractivity contribution in [2.45, 2.75) is 12.5 Å². The molecule has 2 atom stereocenters. The summed E-state index contributed by atoms with van der Waals surface area (Å²) in [4.78, 5) is 26.9. The fourth-order valence-corrected chi connectivity index (χ4v) is 3.13. The number of carboxylic acids is 1. The summed E-state index contributed by atoms with van der Waals surface area (Å²) in [6, 6.07) is 7.97. The number of likely N-dealkylation sites (N-methyl/N-ethyl adjacent to an activating group) is 1. The van der Waals surface area contributed by atoms with Gasteiger partial charge in [0.1, 0.15) is 0 Å². The Morgan fingerprint density at radius 3 is 2.59 bits per heavy atom. The van der Waals surface area contributed by atoms with Crippen molar-refractivity contribution in [2.24, 2.45) is 5.92 Å². The third-order valence-corrected chi connectivity index (χ3v) is 4.50. The summed E-state index contributed by atoms with van der Waals surface area (Å²) < 4.78 is 0. The average Bonchev–Trinajstić information content (AvgIpc) is 2.98. The Labute approximate surface area is 129 Å². The monoisotopic (exact) mass is 303 g/mol. The fraction of sp³-hybridized carbons (Fsp3) is 0.500. The van der Waals surface area contributed by atoms with Gasteiger partial charge in [0.2, 0.25) is 5.91 Å². The molecule has 22 heavy (non-hydrogen) atoms. The van der Waals surface area contributed by atoms with Gasteiger partial charge in [-0.05, 0) is 31.2 Å². The van der Waals surface area contributed by atoms with E-state index in [-0.39, 0.29) is 17.9 Å². The Balaban J connectivity index is 1.68. The van der Waals surface area contributed by atoms with E-state index in [9.17, 15) is 9.59 Å². The average molecular weight is 303 g/mol. The van der Waals surface area contributed by atoms with Gasteiger partial charge >= 0.3 is 5.97 Å². The second kappa shape index (κ2) is 6.06. The van der Waals surface area contributed by atoms with Crippen LogP contribution < -0.4 is 10.2 Å². The lowest BCUT2D eigenvalue weighted by molar-refractivity contribution is -0.141. The predicted molar refractivity (Wildman–Crippen MR) is 82.8 cm³/mol. The predicted octanol–water partition coefficient (Wildman–Crippen LogP) is 0.700. The lowest BCUT2D eigenvalue weighted by atomic mass is 10.00. The van der Waals surface area contributed by atoms with Crippen molar-refractivity contribution in [3.63, 3.8) is 0 Å². The van der Waals surface area contributed by atoms with Gasteiger partial charge < -0.3 is 15.3 Å². The number of carbonyl (C=O) groups excluding carboxylic acids is 1. The highest BCUT2D eigenvalue weighted by Crippen LogP contribution is 2.29. The van der Waals surface area contributed by atoms with Crippen molar-refractivity contribution >= 4 is 17.6 Å². The zero-order valence-electron chi connectivity index (χ0n) is 12.7. The Morgan fingerprint density at radius 1 is 1.27 bits per heavy atom. The Bertz CT molecular complexity index is 573. The second-order valence-electron chi connectivity index (χ2n) is 6.11. The Kier molecular flexibility index (Phi) is 4.13. The molecule has 2 heterocycles. The van der Waals surface area contributed by atoms with Crippen LogP contribution in [0.3, 0.4) is 0 Å². The maximum Gasteiger partial charge on any atom is 0.307 e. The molecule has 1 aromatic carbocycles. The van der Waals surface area contributed by atoms with Crippen molar-refractivity contribution in [1.82, 2.24) is 10.2 Å². The largest absolute Gasteiger partial charge is 0.481 e. The summed E-state index contributed by atoms with van der Waals surface area (Å²) in [5.74, 6) is -0.940. The van der Waals surface area contributed by atoms with Crippen molar-refractivity contribution in [3.8, 4) is 0 Å². The molecule has 2 unspecified atom stereocenters. The molecule has 2 aliphatic rings. The van der Waals surface area contributed by atoms with E-state index >= 15 is 0 Å². The SMILES string of the molecule is CN1CCN(c2ccc(C3CC(C(=O)O)CN3)cc2)C(=O)C1. The van der Waals surface area contributed by atoms with E-state index in [2.05, 4.69) is 5.32 Å². The van der Waals surface area contributed by atoms with Crippen molar-refractivity contribution in [3.05, 3.63) is 29.8 Å². The van der Waals surface area contributed by atoms with Crippen molar-refractivity contribution < 1.29 is 14.7 Å². The molecular formula is C16H21N3O3. The molecule has 2 N–H and O–H groups in total. The minimum absolute atomic E-state index is 0.0818. The first-order chi connectivity index (χ1) is 10.5. The standard InChI is InChI=1S/C16H21N3O3/c1-18-6-7-19(15(20)10-18)13-4-2-11(3-5-13)14-8-12(9-17-14)16(21)22/h2-5,12,14,17H,6-10H2,1H3,(H,21,22). The number of benzene rings is 1. The molecule has 0 aliphatic carbocycles. The van der Waals surface area contributed by atoms with E-state index in [0.717, 1.165) is 17.8 Å². The number of nitrogens with one attached hydrogen (secondary N) is 1. The number of hydrogen-bond acceptors (Lipinski definition) is 4. The highest BCUT2D eigenvalue weighted by atomic mass is 16.4. The lowest BCUT2D eigenvalue weighted by Crippen LogP contribution is -2.48. The number of hydrogen-bond donors (Lipinski definition) is 2. The Morgan fingerprint density at radius 2 is 2.00 bits per heavy atom. The minimum Gasteiger partial charge on any atom is -0.481 e. The summed E-state index contributed by atoms with van der Waals surface area (Å²) in [6.07, 6.45) is 0.613. The number of nitrogens with zero attached hydrogens (tertiary/aromatic N) is 2. The molecule has 0 bridgehead atoms. The van der Waals surface area contributed by atoms with Crippen LogP contribution in [0.15, 0.2) is 24.3 Å². The topological polar surface area (TPSA) is 72.9 Å². The first-order valence-corrected chi connectivity index (χ1v) is 7.59. The summed E-state index contributed by atoms with van der Waals surface area (Å²) >= 11 is 0. The van der Waals surface area contributed by atoms with Gasteiger partial charge in [-0.3, -0.25) is 14.5 Å². The van der Waals surface area contributed by atoms with Gasteiger partial charge in [0.25, 0.3) is 0 Å². The summed E-state index contributed by atoms with van der Waals surface area (Å²) in [6.45, 7) is 2.54. The highest BCUT2D eigenvalue weighted by molar-refractivity contribution is 5.95. The van der Waals surface area contributed by atoms with E-state index in [1.807, 2.05) is 41.1 Å². The van der Waals surface area contributed by atoms with Crippen LogP contribution in [0, 0.1) is 5.92 Å². The van der Waals surface area contributed by atoms with Crippen LogP contribution in [0.1, 0.15) is 18.0 Å². The van der Waals surface area contributed by atoms with Gasteiger partial charge in [-0.25, -0.2) is 0 Å². The molecule has 0 aromatic heterocycles. The van der Waals surface area contributed by atoms with Gasteiger partial charge in [-0.1, -0.05) is 12.1 Å². The van der Waals surface area contributed by atoms with Crippen molar-refractivity contribution in [1.29, 1.82) is 0 Å². The third kappa shape index (κ3) is 2.98. The van der Waals surface area contributed by atoms with Crippen LogP contribution in [0.25, 0.3) is 0 Å². The van der Waals surface area contributed by atoms with E-state index in [0.29, 0.717) is 26.1 Å². The number of amides is 1. The van der Waals surface area contributed by atoms with Gasteiger partial charge in [-0.15, -0.1) is 0 Å². The zero-order chi connectivity index (χ0) is 15.7. The van der Waals surface area contributed by atoms with Gasteiger partial charge in [-0.2, -0.15) is 0 Å². The van der Waals surface area contributed by atoms with Gasteiger partial charge in [0.05, 0.1) is 12.5 Å². The number of piperazine rings is 1. The molecule has 0 radical (unpaired) electrons. The van der Waals surface area contributed by atoms with Gasteiger partial charge in [0, 0.05) is 31.4 Å². The molecular weight excluding hydrogens is 282 g/mol. The van der Waals surface area contributed by atoms with Crippen LogP contribution in [0.5, 0.6) is 0 Å². The van der Waals surface area contributed by atoms with Crippen LogP contribution >= 0.6 is 0 Å². The van der Waals surface area contributed by atoms with Crippen LogP contribution in [0.2, 0.25) is 0 Å². The van der Waals surface area contributed by atoms with Gasteiger partial charge in [0.15, 0.2) is 0 Å². The summed E-state index contributed by atoms with van der Waals surface area (Å²) in [7, 11) is 1.95. The third-order valence-electron chi connectivity index (χ3n) is 4.50. The molecule has 1 amide bonds. The summed E-state index contributed by atoms with van der Waals surface area (Å²) in [5, 5.41) is 12.3. The molecule has 2 aliphatic heterocycles. The molecule has 2 saturated heterocycles. The quantitative estimate of drug-likeness (QED) is 0.860. The molecule has 118 valence electrons. The number of aliphatic carboxylic acids is 1. The number of carbonyl (C=O) groups is 2. The Hall–Kier alpha value is -1.92. The van der Waals surface area contributed by atoms with Crippen LogP contribution in [-0.4, -0.2) is 55.1 Å². The summed E-state index contributed by atoms with van der Waals surface area (Å²) in [5.41, 5.74) is 1.99. The molecule has 2 fully saturated rings. The maximum atomic E-state index is 12.1. The molecule has 0 spiro atoms. The fourth-order valence-electron chi connectivity index (χ4n) is 3.13. The number of rotatable bonds is 3. The van der Waals surface area contributed by atoms with Crippen LogP contribution in [0.4, 0.5) is 5.69 Å². The number of anilines is 1. The van der Waals surface area contributed by atoms with Crippen LogP contribution in [-0.2, 0) is 9.59 Å². The molecule has 0 saturated carbocycles. The van der Waals surface area contributed by atoms with E-state index in [1.165, 1.54) is 0 Å². The normalized spacial score (nSPS) is 26.4. The molecule has 6 nitrogen and oxygen atoms in total. The molecule has 6 heteroatoms. The molecule has 1 aromatic rings. The smallest absolute Gasteiger partial charge is 0.307 e. The van der Waals surface area contributed by atoms with E-state index < -0.39 is 5.97 Å². The highest BCUT2D eigenvalue weighted by Gasteiger charge is 2.30. The first kappa shape index (κ1) is 15.0.